The molecule has 0 unspecified atom stereocenters. The molecule has 206 valence electrons. The van der Waals surface area contributed by atoms with Crippen molar-refractivity contribution in [3.05, 3.63) is 11.6 Å². The highest BCUT2D eigenvalue weighted by molar-refractivity contribution is 5.27. The van der Waals surface area contributed by atoms with Crippen LogP contribution in [0.4, 0.5) is 22.0 Å². The molecule has 4 fully saturated rings. The van der Waals surface area contributed by atoms with Crippen LogP contribution in [0.3, 0.4) is 0 Å². The third kappa shape index (κ3) is 4.36. The minimum atomic E-state index is -4.60. The quantitative estimate of drug-likeness (QED) is 0.293. The zero-order chi connectivity index (χ0) is 26.2. The normalized spacial score (nSPS) is 45.9. The lowest BCUT2D eigenvalue weighted by Crippen LogP contribution is -2.55. The molecule has 7 heteroatoms. The van der Waals surface area contributed by atoms with E-state index in [-0.39, 0.29) is 49.4 Å². The van der Waals surface area contributed by atoms with Crippen molar-refractivity contribution in [2.45, 2.75) is 133 Å². The maximum atomic E-state index is 13.6. The molecule has 2 nitrogen and oxygen atoms in total. The van der Waals surface area contributed by atoms with E-state index in [1.807, 2.05) is 6.08 Å². The van der Waals surface area contributed by atoms with Crippen molar-refractivity contribution in [1.82, 2.24) is 0 Å². The number of hydrogen-bond donors (Lipinski definition) is 2. The molecule has 5 aliphatic rings. The van der Waals surface area contributed by atoms with Gasteiger partial charge >= 0.3 is 6.18 Å². The summed E-state index contributed by atoms with van der Waals surface area (Å²) in [7, 11) is 0. The van der Waals surface area contributed by atoms with E-state index in [4.69, 9.17) is 0 Å². The number of fused-ring (bicyclic) bond motifs is 5. The van der Waals surface area contributed by atoms with Crippen LogP contribution in [0.1, 0.15) is 110 Å². The van der Waals surface area contributed by atoms with Crippen molar-refractivity contribution in [3.8, 4) is 0 Å². The molecule has 0 radical (unpaired) electrons. The minimum Gasteiger partial charge on any atom is -0.390 e. The Kier molecular flexibility index (Phi) is 6.47. The van der Waals surface area contributed by atoms with Crippen LogP contribution in [0, 0.1) is 34.5 Å². The van der Waals surface area contributed by atoms with Gasteiger partial charge in [-0.15, -0.1) is 0 Å². The van der Waals surface area contributed by atoms with Gasteiger partial charge in [-0.1, -0.05) is 31.9 Å². The average molecular weight is 519 g/mol. The van der Waals surface area contributed by atoms with Crippen LogP contribution in [0.5, 0.6) is 0 Å². The Balaban J connectivity index is 1.24. The SMILES string of the molecule is C[C@]12CC[C@H]3[C@@H](CC=C4C[C@](O)(C(F)(F)F)CC[C@@]43C)[C@@H]1CC[C@@H]2CCCC1(O)CCC(F)(F)CC1. The van der Waals surface area contributed by atoms with E-state index in [2.05, 4.69) is 13.8 Å². The first-order chi connectivity index (χ1) is 16.6. The van der Waals surface area contributed by atoms with E-state index in [9.17, 15) is 32.2 Å². The van der Waals surface area contributed by atoms with Crippen molar-refractivity contribution in [3.63, 3.8) is 0 Å². The fraction of sp³-hybridized carbons (Fsp3) is 0.931. The summed E-state index contributed by atoms with van der Waals surface area (Å²) in [6, 6.07) is 0. The Bertz CT molecular complexity index is 873. The Morgan fingerprint density at radius 1 is 0.889 bits per heavy atom. The predicted molar refractivity (Wildman–Crippen MR) is 128 cm³/mol. The van der Waals surface area contributed by atoms with Gasteiger partial charge in [0.2, 0.25) is 5.92 Å². The van der Waals surface area contributed by atoms with Gasteiger partial charge in [-0.25, -0.2) is 8.78 Å². The molecule has 0 bridgehead atoms. The number of allylic oxidation sites excluding steroid dienone is 1. The van der Waals surface area contributed by atoms with Gasteiger partial charge in [-0.3, -0.25) is 0 Å². The number of rotatable bonds is 4. The van der Waals surface area contributed by atoms with Crippen LogP contribution in [-0.4, -0.2) is 33.5 Å². The molecule has 0 saturated heterocycles. The van der Waals surface area contributed by atoms with Gasteiger partial charge < -0.3 is 10.2 Å². The van der Waals surface area contributed by atoms with Gasteiger partial charge in [0, 0.05) is 19.3 Å². The molecule has 0 amide bonds. The summed E-state index contributed by atoms with van der Waals surface area (Å²) in [5, 5.41) is 21.2. The van der Waals surface area contributed by atoms with Crippen molar-refractivity contribution in [2.75, 3.05) is 0 Å². The molecule has 36 heavy (non-hydrogen) atoms. The van der Waals surface area contributed by atoms with E-state index in [0.717, 1.165) is 50.5 Å². The molecule has 0 aliphatic heterocycles. The van der Waals surface area contributed by atoms with E-state index >= 15 is 0 Å². The molecule has 0 spiro atoms. The number of aliphatic hydroxyl groups is 2. The van der Waals surface area contributed by atoms with Crippen LogP contribution in [-0.2, 0) is 0 Å². The van der Waals surface area contributed by atoms with E-state index in [1.54, 1.807) is 0 Å². The number of hydrogen-bond acceptors (Lipinski definition) is 2. The molecule has 0 heterocycles. The van der Waals surface area contributed by atoms with Crippen LogP contribution in [0.15, 0.2) is 11.6 Å². The van der Waals surface area contributed by atoms with Crippen LogP contribution in [0.2, 0.25) is 0 Å². The zero-order valence-electron chi connectivity index (χ0n) is 21.8. The second-order valence-electron chi connectivity index (χ2n) is 13.8. The number of halogens is 5. The van der Waals surface area contributed by atoms with Crippen molar-refractivity contribution >= 4 is 0 Å². The summed E-state index contributed by atoms with van der Waals surface area (Å²) in [5.74, 6) is -0.681. The fourth-order valence-electron chi connectivity index (χ4n) is 9.48. The Labute approximate surface area is 212 Å². The fourth-order valence-corrected chi connectivity index (χ4v) is 9.48. The Morgan fingerprint density at radius 2 is 1.58 bits per heavy atom. The largest absolute Gasteiger partial charge is 0.417 e. The Hall–Kier alpha value is -0.690. The number of alkyl halides is 5. The summed E-state index contributed by atoms with van der Waals surface area (Å²) in [5.41, 5.74) is -2.78. The molecular formula is C29H43F5O2. The molecule has 5 aliphatic carbocycles. The summed E-state index contributed by atoms with van der Waals surface area (Å²) >= 11 is 0. The maximum absolute atomic E-state index is 13.6. The first-order valence-corrected chi connectivity index (χ1v) is 14.2. The van der Waals surface area contributed by atoms with E-state index in [0.29, 0.717) is 36.5 Å². The van der Waals surface area contributed by atoms with Crippen molar-refractivity contribution < 1.29 is 32.2 Å². The smallest absolute Gasteiger partial charge is 0.390 e. The Morgan fingerprint density at radius 3 is 2.25 bits per heavy atom. The van der Waals surface area contributed by atoms with Crippen molar-refractivity contribution in [2.24, 2.45) is 34.5 Å². The van der Waals surface area contributed by atoms with Crippen LogP contribution in [0.25, 0.3) is 0 Å². The van der Waals surface area contributed by atoms with E-state index in [1.165, 1.54) is 0 Å². The third-order valence-corrected chi connectivity index (χ3v) is 12.0. The molecule has 2 N–H and O–H groups in total. The molecule has 0 aromatic heterocycles. The second kappa shape index (κ2) is 8.66. The highest BCUT2D eigenvalue weighted by atomic mass is 19.4. The van der Waals surface area contributed by atoms with Gasteiger partial charge in [0.25, 0.3) is 0 Å². The third-order valence-electron chi connectivity index (χ3n) is 12.0. The molecule has 5 rings (SSSR count). The molecule has 4 saturated carbocycles. The molecule has 0 aromatic rings. The molecule has 0 aromatic carbocycles. The van der Waals surface area contributed by atoms with E-state index < -0.39 is 23.3 Å². The highest BCUT2D eigenvalue weighted by Crippen LogP contribution is 2.68. The minimum absolute atomic E-state index is 0.186. The molecular weight excluding hydrogens is 475 g/mol. The lowest BCUT2D eigenvalue weighted by atomic mass is 9.46. The van der Waals surface area contributed by atoms with Crippen LogP contribution >= 0.6 is 0 Å². The van der Waals surface area contributed by atoms with Crippen molar-refractivity contribution in [1.29, 1.82) is 0 Å². The van der Waals surface area contributed by atoms with Gasteiger partial charge in [0.15, 0.2) is 5.60 Å². The lowest BCUT2D eigenvalue weighted by Gasteiger charge is -2.59. The first-order valence-electron chi connectivity index (χ1n) is 14.2. The predicted octanol–water partition coefficient (Wildman–Crippen LogP) is 7.97. The maximum Gasteiger partial charge on any atom is 0.417 e. The zero-order valence-corrected chi connectivity index (χ0v) is 21.8. The average Bonchev–Trinajstić information content (AvgIpc) is 3.12. The van der Waals surface area contributed by atoms with Gasteiger partial charge in [0.1, 0.15) is 0 Å². The van der Waals surface area contributed by atoms with Gasteiger partial charge in [-0.2, -0.15) is 13.2 Å². The highest BCUT2D eigenvalue weighted by Gasteiger charge is 2.63. The summed E-state index contributed by atoms with van der Waals surface area (Å²) in [4.78, 5) is 0. The second-order valence-corrected chi connectivity index (χ2v) is 13.8. The standard InChI is InChI=1S/C29H43F5O2/c1-24-11-9-23-21(7-5-20-18-27(36,29(32,33)34)15-12-25(20,23)2)22(24)8-6-19(24)4-3-10-26(35)13-16-28(30,31)17-14-26/h5,19,21-23,35-36H,3-4,6-18H2,1-2H3/t19-,21-,22-,23-,24+,25-,27-/m0/s1. The molecule has 7 atom stereocenters. The summed E-state index contributed by atoms with van der Waals surface area (Å²) in [6.45, 7) is 4.56. The first kappa shape index (κ1) is 26.9. The van der Waals surface area contributed by atoms with Crippen LogP contribution < -0.4 is 0 Å². The summed E-state index contributed by atoms with van der Waals surface area (Å²) < 4.78 is 67.8. The van der Waals surface area contributed by atoms with Gasteiger partial charge in [-0.05, 0) is 105 Å². The lowest BCUT2D eigenvalue weighted by molar-refractivity contribution is -0.271. The monoisotopic (exact) mass is 518 g/mol. The van der Waals surface area contributed by atoms with Gasteiger partial charge in [0.05, 0.1) is 5.60 Å². The summed E-state index contributed by atoms with van der Waals surface area (Å²) in [6.07, 6.45) is 4.94. The topological polar surface area (TPSA) is 40.5 Å².